The summed E-state index contributed by atoms with van der Waals surface area (Å²) in [5, 5.41) is 11.6. The Hall–Kier alpha value is -1.49. The van der Waals surface area contributed by atoms with E-state index >= 15 is 0 Å². The van der Waals surface area contributed by atoms with Gasteiger partial charge < -0.3 is 10.4 Å². The second-order valence-electron chi connectivity index (χ2n) is 3.87. The molecule has 4 nitrogen and oxygen atoms in total. The molecule has 0 saturated carbocycles. The van der Waals surface area contributed by atoms with Crippen LogP contribution in [-0.2, 0) is 0 Å². The third-order valence-corrected chi connectivity index (χ3v) is 2.66. The van der Waals surface area contributed by atoms with Gasteiger partial charge in [-0.1, -0.05) is 13.3 Å². The number of hydrogen-bond donors (Lipinski definition) is 2. The van der Waals surface area contributed by atoms with Gasteiger partial charge in [0.15, 0.2) is 0 Å². The molecule has 1 aromatic rings. The first-order valence-electron chi connectivity index (χ1n) is 5.68. The van der Waals surface area contributed by atoms with Gasteiger partial charge in [0, 0.05) is 19.3 Å². The second-order valence-corrected chi connectivity index (χ2v) is 3.87. The van der Waals surface area contributed by atoms with Gasteiger partial charge in [-0.25, -0.2) is 4.98 Å². The van der Waals surface area contributed by atoms with E-state index in [4.69, 9.17) is 5.11 Å². The highest BCUT2D eigenvalue weighted by Gasteiger charge is 2.10. The first-order chi connectivity index (χ1) is 8.17. The molecule has 94 valence electrons. The van der Waals surface area contributed by atoms with Crippen molar-refractivity contribution in [1.82, 2.24) is 10.3 Å². The lowest BCUT2D eigenvalue weighted by molar-refractivity contribution is 0.0943. The predicted octanol–water partition coefficient (Wildman–Crippen LogP) is 1.36. The molecular formula is C12H17FN2O2. The van der Waals surface area contributed by atoms with Gasteiger partial charge >= 0.3 is 0 Å². The van der Waals surface area contributed by atoms with Crippen LogP contribution in [0.1, 0.15) is 30.1 Å². The van der Waals surface area contributed by atoms with Crippen LogP contribution in [0, 0.1) is 11.9 Å². The Labute approximate surface area is 99.9 Å². The van der Waals surface area contributed by atoms with E-state index in [9.17, 15) is 9.18 Å². The van der Waals surface area contributed by atoms with E-state index in [1.807, 2.05) is 6.92 Å². The quantitative estimate of drug-likeness (QED) is 0.738. The largest absolute Gasteiger partial charge is 0.396 e. The van der Waals surface area contributed by atoms with E-state index in [2.05, 4.69) is 10.3 Å². The fourth-order valence-electron chi connectivity index (χ4n) is 1.48. The molecule has 0 fully saturated rings. The van der Waals surface area contributed by atoms with Gasteiger partial charge in [-0.2, -0.15) is 4.39 Å². The summed E-state index contributed by atoms with van der Waals surface area (Å²) >= 11 is 0. The Morgan fingerprint density at radius 3 is 2.88 bits per heavy atom. The maximum absolute atomic E-state index is 12.5. The summed E-state index contributed by atoms with van der Waals surface area (Å²) in [5.74, 6) is -0.612. The van der Waals surface area contributed by atoms with Gasteiger partial charge in [-0.05, 0) is 24.5 Å². The van der Waals surface area contributed by atoms with Crippen LogP contribution in [0.2, 0.25) is 0 Å². The molecular weight excluding hydrogens is 223 g/mol. The smallest absolute Gasteiger partial charge is 0.252 e. The Morgan fingerprint density at radius 1 is 1.59 bits per heavy atom. The van der Waals surface area contributed by atoms with Crippen LogP contribution >= 0.6 is 0 Å². The molecule has 0 radical (unpaired) electrons. The summed E-state index contributed by atoms with van der Waals surface area (Å²) < 4.78 is 12.5. The topological polar surface area (TPSA) is 62.2 Å². The van der Waals surface area contributed by atoms with Crippen LogP contribution in [0.4, 0.5) is 4.39 Å². The number of nitrogens with zero attached hydrogens (tertiary/aromatic N) is 1. The van der Waals surface area contributed by atoms with Crippen molar-refractivity contribution in [2.24, 2.45) is 5.92 Å². The molecule has 1 rings (SSSR count). The van der Waals surface area contributed by atoms with E-state index in [-0.39, 0.29) is 18.4 Å². The number of hydrogen-bond acceptors (Lipinski definition) is 3. The third kappa shape index (κ3) is 4.48. The molecule has 0 aromatic carbocycles. The lowest BCUT2D eigenvalue weighted by atomic mass is 10.0. The molecule has 1 amide bonds. The van der Waals surface area contributed by atoms with Crippen LogP contribution in [0.5, 0.6) is 0 Å². The normalized spacial score (nSPS) is 12.2. The van der Waals surface area contributed by atoms with Gasteiger partial charge in [-0.3, -0.25) is 4.79 Å². The van der Waals surface area contributed by atoms with Crippen molar-refractivity contribution in [3.05, 3.63) is 29.8 Å². The highest BCUT2D eigenvalue weighted by atomic mass is 19.1. The molecule has 5 heteroatoms. The molecule has 17 heavy (non-hydrogen) atoms. The predicted molar refractivity (Wildman–Crippen MR) is 62.0 cm³/mol. The fourth-order valence-corrected chi connectivity index (χ4v) is 1.48. The summed E-state index contributed by atoms with van der Waals surface area (Å²) in [6, 6.07) is 2.55. The summed E-state index contributed by atoms with van der Waals surface area (Å²) in [6.45, 7) is 2.63. The van der Waals surface area contributed by atoms with Crippen LogP contribution in [0.15, 0.2) is 18.3 Å². The number of carbonyl (C=O) groups excluding carboxylic acids is 1. The van der Waals surface area contributed by atoms with Gasteiger partial charge in [0.2, 0.25) is 5.95 Å². The minimum absolute atomic E-state index is 0.118. The average Bonchev–Trinajstić information content (AvgIpc) is 2.35. The van der Waals surface area contributed by atoms with E-state index in [0.717, 1.165) is 12.5 Å². The first kappa shape index (κ1) is 13.6. The first-order valence-corrected chi connectivity index (χ1v) is 5.68. The molecule has 0 spiro atoms. The second kappa shape index (κ2) is 6.96. The van der Waals surface area contributed by atoms with Gasteiger partial charge in [0.25, 0.3) is 5.91 Å². The van der Waals surface area contributed by atoms with Crippen molar-refractivity contribution in [3.8, 4) is 0 Å². The maximum atomic E-state index is 12.5. The number of rotatable bonds is 6. The minimum atomic E-state index is -0.603. The molecule has 1 aromatic heterocycles. The van der Waals surface area contributed by atoms with Crippen LogP contribution in [0.25, 0.3) is 0 Å². The number of amides is 1. The SMILES string of the molecule is CCC(CCO)CNC(=O)c1ccc(F)nc1. The number of halogens is 1. The zero-order valence-electron chi connectivity index (χ0n) is 9.82. The Bertz CT molecular complexity index is 354. The third-order valence-electron chi connectivity index (χ3n) is 2.66. The molecule has 0 aliphatic rings. The Morgan fingerprint density at radius 2 is 2.35 bits per heavy atom. The average molecular weight is 240 g/mol. The maximum Gasteiger partial charge on any atom is 0.252 e. The van der Waals surface area contributed by atoms with Crippen LogP contribution in [0.3, 0.4) is 0 Å². The molecule has 0 aliphatic carbocycles. The standard InChI is InChI=1S/C12H17FN2O2/c1-2-9(5-6-16)7-15-12(17)10-3-4-11(13)14-8-10/h3-4,8-9,16H,2,5-7H2,1H3,(H,15,17). The van der Waals surface area contributed by atoms with Gasteiger partial charge in [0.1, 0.15) is 0 Å². The molecule has 1 unspecified atom stereocenters. The van der Waals surface area contributed by atoms with Crippen molar-refractivity contribution in [2.75, 3.05) is 13.2 Å². The summed E-state index contributed by atoms with van der Waals surface area (Å²) in [6.07, 6.45) is 2.76. The van der Waals surface area contributed by atoms with Crippen molar-refractivity contribution in [1.29, 1.82) is 0 Å². The van der Waals surface area contributed by atoms with E-state index in [1.54, 1.807) is 0 Å². The lowest BCUT2D eigenvalue weighted by Gasteiger charge is -2.14. The highest BCUT2D eigenvalue weighted by Crippen LogP contribution is 2.06. The summed E-state index contributed by atoms with van der Waals surface area (Å²) in [4.78, 5) is 15.1. The summed E-state index contributed by atoms with van der Waals surface area (Å²) in [7, 11) is 0. The van der Waals surface area contributed by atoms with Gasteiger partial charge in [-0.15, -0.1) is 0 Å². The van der Waals surface area contributed by atoms with Crippen molar-refractivity contribution in [2.45, 2.75) is 19.8 Å². The number of carbonyl (C=O) groups is 1. The van der Waals surface area contributed by atoms with Crippen LogP contribution < -0.4 is 5.32 Å². The molecule has 0 aliphatic heterocycles. The van der Waals surface area contributed by atoms with Crippen molar-refractivity contribution in [3.63, 3.8) is 0 Å². The zero-order chi connectivity index (χ0) is 12.7. The van der Waals surface area contributed by atoms with Crippen LogP contribution in [-0.4, -0.2) is 29.1 Å². The lowest BCUT2D eigenvalue weighted by Crippen LogP contribution is -2.29. The fraction of sp³-hybridized carbons (Fsp3) is 0.500. The van der Waals surface area contributed by atoms with Crippen molar-refractivity contribution < 1.29 is 14.3 Å². The Kier molecular flexibility index (Phi) is 5.56. The zero-order valence-corrected chi connectivity index (χ0v) is 9.82. The number of aliphatic hydroxyl groups excluding tert-OH is 1. The molecule has 1 heterocycles. The van der Waals surface area contributed by atoms with Gasteiger partial charge in [0.05, 0.1) is 5.56 Å². The number of aliphatic hydroxyl groups is 1. The molecule has 0 saturated heterocycles. The Balaban J connectivity index is 2.46. The number of aromatic nitrogens is 1. The van der Waals surface area contributed by atoms with E-state index in [0.29, 0.717) is 18.5 Å². The van der Waals surface area contributed by atoms with E-state index in [1.165, 1.54) is 12.3 Å². The van der Waals surface area contributed by atoms with Crippen molar-refractivity contribution >= 4 is 5.91 Å². The highest BCUT2D eigenvalue weighted by molar-refractivity contribution is 5.93. The minimum Gasteiger partial charge on any atom is -0.396 e. The monoisotopic (exact) mass is 240 g/mol. The molecule has 2 N–H and O–H groups in total. The van der Waals surface area contributed by atoms with E-state index < -0.39 is 5.95 Å². The molecule has 0 bridgehead atoms. The number of nitrogens with one attached hydrogen (secondary N) is 1. The number of pyridine rings is 1. The molecule has 1 atom stereocenters. The summed E-state index contributed by atoms with van der Waals surface area (Å²) in [5.41, 5.74) is 0.338.